The summed E-state index contributed by atoms with van der Waals surface area (Å²) in [6, 6.07) is 6.80. The SMILES string of the molecule is CC(C)COCC(O)CNC(=O)c1cccc(NC(=O)C2CC2C)c1. The maximum absolute atomic E-state index is 12.2. The highest BCUT2D eigenvalue weighted by atomic mass is 16.5. The third-order valence-electron chi connectivity index (χ3n) is 4.10. The van der Waals surface area contributed by atoms with Crippen LogP contribution in [-0.4, -0.2) is 42.8 Å². The van der Waals surface area contributed by atoms with Crippen LogP contribution in [0, 0.1) is 17.8 Å². The Bertz CT molecular complexity index is 603. The summed E-state index contributed by atoms with van der Waals surface area (Å²) in [4.78, 5) is 24.2. The van der Waals surface area contributed by atoms with Crippen molar-refractivity contribution in [1.29, 1.82) is 0 Å². The number of nitrogens with one attached hydrogen (secondary N) is 2. The lowest BCUT2D eigenvalue weighted by atomic mass is 10.1. The summed E-state index contributed by atoms with van der Waals surface area (Å²) < 4.78 is 5.35. The minimum Gasteiger partial charge on any atom is -0.389 e. The number of carbonyl (C=O) groups excluding carboxylic acids is 2. The predicted octanol–water partition coefficient (Wildman–Crippen LogP) is 2.04. The van der Waals surface area contributed by atoms with Crippen LogP contribution in [0.2, 0.25) is 0 Å². The van der Waals surface area contributed by atoms with Crippen molar-refractivity contribution in [3.63, 3.8) is 0 Å². The molecule has 6 nitrogen and oxygen atoms in total. The normalized spacial score (nSPS) is 20.2. The third-order valence-corrected chi connectivity index (χ3v) is 4.10. The Kier molecular flexibility index (Phi) is 6.96. The van der Waals surface area contributed by atoms with E-state index in [9.17, 15) is 14.7 Å². The smallest absolute Gasteiger partial charge is 0.251 e. The Morgan fingerprint density at radius 1 is 1.32 bits per heavy atom. The highest BCUT2D eigenvalue weighted by Crippen LogP contribution is 2.38. The van der Waals surface area contributed by atoms with Gasteiger partial charge in [0.1, 0.15) is 0 Å². The maximum atomic E-state index is 12.2. The van der Waals surface area contributed by atoms with Gasteiger partial charge in [-0.05, 0) is 36.5 Å². The molecule has 0 heterocycles. The first-order valence-corrected chi connectivity index (χ1v) is 8.81. The van der Waals surface area contributed by atoms with Crippen molar-refractivity contribution >= 4 is 17.5 Å². The highest BCUT2D eigenvalue weighted by Gasteiger charge is 2.39. The van der Waals surface area contributed by atoms with E-state index in [1.165, 1.54) is 0 Å². The van der Waals surface area contributed by atoms with Gasteiger partial charge in [0.15, 0.2) is 0 Å². The molecule has 138 valence electrons. The minimum atomic E-state index is -0.748. The molecule has 0 saturated heterocycles. The zero-order valence-corrected chi connectivity index (χ0v) is 15.1. The molecule has 1 aromatic rings. The van der Waals surface area contributed by atoms with Crippen LogP contribution < -0.4 is 10.6 Å². The van der Waals surface area contributed by atoms with Crippen molar-refractivity contribution in [2.24, 2.45) is 17.8 Å². The number of rotatable bonds is 9. The fourth-order valence-corrected chi connectivity index (χ4v) is 2.47. The van der Waals surface area contributed by atoms with Crippen LogP contribution in [0.1, 0.15) is 37.6 Å². The van der Waals surface area contributed by atoms with E-state index in [2.05, 4.69) is 10.6 Å². The Balaban J connectivity index is 1.79. The van der Waals surface area contributed by atoms with E-state index < -0.39 is 6.10 Å². The molecule has 6 heteroatoms. The number of aliphatic hydroxyl groups excluding tert-OH is 1. The minimum absolute atomic E-state index is 0.00258. The summed E-state index contributed by atoms with van der Waals surface area (Å²) in [5, 5.41) is 15.3. The molecule has 0 bridgehead atoms. The van der Waals surface area contributed by atoms with E-state index in [0.29, 0.717) is 29.7 Å². The van der Waals surface area contributed by atoms with Gasteiger partial charge in [0.05, 0.1) is 12.7 Å². The van der Waals surface area contributed by atoms with Crippen molar-refractivity contribution in [3.8, 4) is 0 Å². The molecule has 0 aliphatic heterocycles. The van der Waals surface area contributed by atoms with Crippen molar-refractivity contribution in [2.75, 3.05) is 25.1 Å². The van der Waals surface area contributed by atoms with Gasteiger partial charge in [-0.3, -0.25) is 9.59 Å². The lowest BCUT2D eigenvalue weighted by Crippen LogP contribution is -2.34. The quantitative estimate of drug-likeness (QED) is 0.637. The average molecular weight is 348 g/mol. The van der Waals surface area contributed by atoms with E-state index in [1.54, 1.807) is 24.3 Å². The number of benzene rings is 1. The second-order valence-corrected chi connectivity index (χ2v) is 7.18. The Morgan fingerprint density at radius 2 is 2.04 bits per heavy atom. The van der Waals surface area contributed by atoms with Gasteiger partial charge >= 0.3 is 0 Å². The van der Waals surface area contributed by atoms with Crippen LogP contribution in [0.4, 0.5) is 5.69 Å². The highest BCUT2D eigenvalue weighted by molar-refractivity contribution is 5.98. The molecule has 1 fully saturated rings. The van der Waals surface area contributed by atoms with Gasteiger partial charge in [-0.2, -0.15) is 0 Å². The maximum Gasteiger partial charge on any atom is 0.251 e. The topological polar surface area (TPSA) is 87.7 Å². The number of amides is 2. The fraction of sp³-hybridized carbons (Fsp3) is 0.579. The third kappa shape index (κ3) is 6.48. The van der Waals surface area contributed by atoms with Crippen LogP contribution in [0.15, 0.2) is 24.3 Å². The number of carbonyl (C=O) groups is 2. The number of anilines is 1. The molecule has 2 rings (SSSR count). The zero-order valence-electron chi connectivity index (χ0n) is 15.1. The summed E-state index contributed by atoms with van der Waals surface area (Å²) in [5.41, 5.74) is 1.05. The molecule has 1 aliphatic carbocycles. The van der Waals surface area contributed by atoms with Gasteiger partial charge < -0.3 is 20.5 Å². The van der Waals surface area contributed by atoms with Gasteiger partial charge in [0.25, 0.3) is 5.91 Å². The van der Waals surface area contributed by atoms with E-state index in [4.69, 9.17) is 4.74 Å². The Morgan fingerprint density at radius 3 is 2.68 bits per heavy atom. The van der Waals surface area contributed by atoms with Crippen LogP contribution >= 0.6 is 0 Å². The molecule has 1 aliphatic rings. The number of ether oxygens (including phenoxy) is 1. The molecular weight excluding hydrogens is 320 g/mol. The molecule has 25 heavy (non-hydrogen) atoms. The summed E-state index contributed by atoms with van der Waals surface area (Å²) in [6.07, 6.45) is 0.171. The van der Waals surface area contributed by atoms with Gasteiger partial charge in [-0.15, -0.1) is 0 Å². The van der Waals surface area contributed by atoms with E-state index in [1.807, 2.05) is 20.8 Å². The van der Waals surface area contributed by atoms with Crippen LogP contribution in [-0.2, 0) is 9.53 Å². The van der Waals surface area contributed by atoms with Crippen molar-refractivity contribution in [3.05, 3.63) is 29.8 Å². The Labute approximate surface area is 149 Å². The summed E-state index contributed by atoms with van der Waals surface area (Å²) in [7, 11) is 0. The molecule has 0 aromatic heterocycles. The summed E-state index contributed by atoms with van der Waals surface area (Å²) >= 11 is 0. The van der Waals surface area contributed by atoms with E-state index in [-0.39, 0.29) is 30.9 Å². The van der Waals surface area contributed by atoms with Gasteiger partial charge in [0, 0.05) is 30.3 Å². The first-order valence-electron chi connectivity index (χ1n) is 8.81. The molecule has 1 saturated carbocycles. The Hall–Kier alpha value is -1.92. The van der Waals surface area contributed by atoms with Crippen LogP contribution in [0.25, 0.3) is 0 Å². The molecule has 3 unspecified atom stereocenters. The molecule has 0 radical (unpaired) electrons. The molecule has 0 spiro atoms. The van der Waals surface area contributed by atoms with Gasteiger partial charge in [-0.1, -0.05) is 26.8 Å². The second-order valence-electron chi connectivity index (χ2n) is 7.18. The van der Waals surface area contributed by atoms with Crippen molar-refractivity contribution in [2.45, 2.75) is 33.3 Å². The van der Waals surface area contributed by atoms with Crippen LogP contribution in [0.5, 0.6) is 0 Å². The lowest BCUT2D eigenvalue weighted by Gasteiger charge is -2.14. The van der Waals surface area contributed by atoms with E-state index >= 15 is 0 Å². The largest absolute Gasteiger partial charge is 0.389 e. The number of hydrogen-bond donors (Lipinski definition) is 3. The predicted molar refractivity (Wildman–Crippen MR) is 96.3 cm³/mol. The molecule has 3 N–H and O–H groups in total. The lowest BCUT2D eigenvalue weighted by molar-refractivity contribution is -0.117. The number of hydrogen-bond acceptors (Lipinski definition) is 4. The second kappa shape index (κ2) is 8.97. The molecule has 1 aromatic carbocycles. The number of aliphatic hydroxyl groups is 1. The van der Waals surface area contributed by atoms with Crippen LogP contribution in [0.3, 0.4) is 0 Å². The summed E-state index contributed by atoms with van der Waals surface area (Å²) in [6.45, 7) is 6.99. The average Bonchev–Trinajstić information content (AvgIpc) is 3.29. The molecule has 3 atom stereocenters. The first-order chi connectivity index (χ1) is 11.9. The van der Waals surface area contributed by atoms with Crippen molar-refractivity contribution in [1.82, 2.24) is 5.32 Å². The standard InChI is InChI=1S/C19H28N2O4/c1-12(2)10-25-11-16(22)9-20-18(23)14-5-4-6-15(8-14)21-19(24)17-7-13(17)3/h4-6,8,12-13,16-17,22H,7,9-11H2,1-3H3,(H,20,23)(H,21,24). The van der Waals surface area contributed by atoms with Gasteiger partial charge in [-0.25, -0.2) is 0 Å². The van der Waals surface area contributed by atoms with Gasteiger partial charge in [0.2, 0.25) is 5.91 Å². The monoisotopic (exact) mass is 348 g/mol. The van der Waals surface area contributed by atoms with Crippen molar-refractivity contribution < 1.29 is 19.4 Å². The molecule has 2 amide bonds. The first kappa shape index (κ1) is 19.4. The summed E-state index contributed by atoms with van der Waals surface area (Å²) in [5.74, 6) is 0.629. The molecular formula is C19H28N2O4. The van der Waals surface area contributed by atoms with E-state index in [0.717, 1.165) is 6.42 Å². The zero-order chi connectivity index (χ0) is 18.4. The fourth-order valence-electron chi connectivity index (χ4n) is 2.47.